The quantitative estimate of drug-likeness (QED) is 0.876. The van der Waals surface area contributed by atoms with E-state index in [1.165, 1.54) is 16.8 Å². The van der Waals surface area contributed by atoms with Crippen molar-refractivity contribution >= 4 is 0 Å². The van der Waals surface area contributed by atoms with Crippen molar-refractivity contribution in [1.82, 2.24) is 9.55 Å². The predicted molar refractivity (Wildman–Crippen MR) is 68.2 cm³/mol. The summed E-state index contributed by atoms with van der Waals surface area (Å²) in [7, 11) is 0. The summed E-state index contributed by atoms with van der Waals surface area (Å²) in [5, 5.41) is 9.33. The van der Waals surface area contributed by atoms with Gasteiger partial charge < -0.3 is 9.67 Å². The van der Waals surface area contributed by atoms with Gasteiger partial charge in [0, 0.05) is 0 Å². The zero-order chi connectivity index (χ0) is 12.3. The molecule has 1 aromatic carbocycles. The fraction of sp³-hybridized carbons (Fsp3) is 0.357. The van der Waals surface area contributed by atoms with E-state index in [1.807, 2.05) is 4.57 Å². The maximum Gasteiger partial charge on any atom is 0.0995 e. The Bertz CT molecular complexity index is 480. The lowest BCUT2D eigenvalue weighted by Gasteiger charge is -2.15. The van der Waals surface area contributed by atoms with Gasteiger partial charge in [-0.3, -0.25) is 0 Å². The largest absolute Gasteiger partial charge is 0.390 e. The van der Waals surface area contributed by atoms with Crippen molar-refractivity contribution in [3.63, 3.8) is 0 Å². The molecule has 0 aliphatic rings. The molecule has 0 amide bonds. The second-order valence-corrected chi connectivity index (χ2v) is 4.05. The van der Waals surface area contributed by atoms with Crippen LogP contribution in [0.1, 0.15) is 30.7 Å². The van der Waals surface area contributed by atoms with E-state index in [0.29, 0.717) is 0 Å². The van der Waals surface area contributed by atoms with Crippen LogP contribution in [-0.4, -0.2) is 14.7 Å². The standard InChI is InChI=1S/C14H18N2O/c1-3-11-6-5-7-12(4-2)14(11)16-10-15-8-13(16)9-17/h5-8,10,17H,3-4,9H2,1-2H3. The van der Waals surface area contributed by atoms with Gasteiger partial charge in [0.15, 0.2) is 0 Å². The molecular formula is C14H18N2O. The lowest BCUT2D eigenvalue weighted by atomic mass is 10.0. The van der Waals surface area contributed by atoms with Crippen LogP contribution in [0.3, 0.4) is 0 Å². The molecule has 90 valence electrons. The molecule has 0 unspecified atom stereocenters. The molecule has 1 heterocycles. The highest BCUT2D eigenvalue weighted by atomic mass is 16.3. The molecule has 0 bridgehead atoms. The number of para-hydroxylation sites is 1. The smallest absolute Gasteiger partial charge is 0.0995 e. The topological polar surface area (TPSA) is 38.0 Å². The number of aryl methyl sites for hydroxylation is 2. The molecule has 3 nitrogen and oxygen atoms in total. The maximum atomic E-state index is 9.33. The zero-order valence-electron chi connectivity index (χ0n) is 10.3. The van der Waals surface area contributed by atoms with Crippen molar-refractivity contribution in [2.45, 2.75) is 33.3 Å². The van der Waals surface area contributed by atoms with Gasteiger partial charge in [-0.2, -0.15) is 0 Å². The van der Waals surface area contributed by atoms with Crippen LogP contribution < -0.4 is 0 Å². The molecule has 0 saturated heterocycles. The number of benzene rings is 1. The fourth-order valence-corrected chi connectivity index (χ4v) is 2.17. The zero-order valence-corrected chi connectivity index (χ0v) is 10.3. The summed E-state index contributed by atoms with van der Waals surface area (Å²) in [6.07, 6.45) is 5.45. The van der Waals surface area contributed by atoms with Crippen LogP contribution in [0.4, 0.5) is 0 Å². The Labute approximate surface area is 102 Å². The van der Waals surface area contributed by atoms with Crippen molar-refractivity contribution in [3.8, 4) is 5.69 Å². The van der Waals surface area contributed by atoms with E-state index >= 15 is 0 Å². The normalized spacial score (nSPS) is 10.8. The average Bonchev–Trinajstić information content (AvgIpc) is 2.85. The number of aliphatic hydroxyl groups excluding tert-OH is 1. The predicted octanol–water partition coefficient (Wildman–Crippen LogP) is 2.49. The number of aliphatic hydroxyl groups is 1. The molecule has 0 atom stereocenters. The lowest BCUT2D eigenvalue weighted by molar-refractivity contribution is 0.274. The number of imidazole rings is 1. The van der Waals surface area contributed by atoms with E-state index in [2.05, 4.69) is 37.0 Å². The first-order valence-electron chi connectivity index (χ1n) is 6.05. The number of nitrogens with zero attached hydrogens (tertiary/aromatic N) is 2. The van der Waals surface area contributed by atoms with Gasteiger partial charge in [-0.05, 0) is 24.0 Å². The molecule has 0 aliphatic carbocycles. The van der Waals surface area contributed by atoms with E-state index in [9.17, 15) is 5.11 Å². The van der Waals surface area contributed by atoms with Crippen LogP contribution in [0.25, 0.3) is 5.69 Å². The average molecular weight is 230 g/mol. The molecule has 1 N–H and O–H groups in total. The van der Waals surface area contributed by atoms with E-state index in [-0.39, 0.29) is 6.61 Å². The van der Waals surface area contributed by atoms with Gasteiger partial charge in [-0.1, -0.05) is 32.0 Å². The Hall–Kier alpha value is -1.61. The summed E-state index contributed by atoms with van der Waals surface area (Å²) in [5.74, 6) is 0. The Morgan fingerprint density at radius 2 is 1.82 bits per heavy atom. The molecule has 2 rings (SSSR count). The minimum atomic E-state index is 0.0151. The number of hydrogen-bond donors (Lipinski definition) is 1. The maximum absolute atomic E-state index is 9.33. The van der Waals surface area contributed by atoms with Crippen molar-refractivity contribution in [1.29, 1.82) is 0 Å². The molecule has 1 aromatic heterocycles. The van der Waals surface area contributed by atoms with Gasteiger partial charge in [-0.15, -0.1) is 0 Å². The SMILES string of the molecule is CCc1cccc(CC)c1-n1cncc1CO. The van der Waals surface area contributed by atoms with Gasteiger partial charge >= 0.3 is 0 Å². The van der Waals surface area contributed by atoms with Crippen LogP contribution in [0.5, 0.6) is 0 Å². The van der Waals surface area contributed by atoms with Gasteiger partial charge in [0.2, 0.25) is 0 Å². The van der Waals surface area contributed by atoms with Crippen molar-refractivity contribution in [2.24, 2.45) is 0 Å². The van der Waals surface area contributed by atoms with Gasteiger partial charge in [0.25, 0.3) is 0 Å². The molecule has 3 heteroatoms. The van der Waals surface area contributed by atoms with E-state index < -0.39 is 0 Å². The molecule has 0 radical (unpaired) electrons. The summed E-state index contributed by atoms with van der Waals surface area (Å²) in [5.41, 5.74) is 4.59. The second-order valence-electron chi connectivity index (χ2n) is 4.05. The minimum Gasteiger partial charge on any atom is -0.390 e. The molecular weight excluding hydrogens is 212 g/mol. The van der Waals surface area contributed by atoms with Gasteiger partial charge in [0.05, 0.1) is 30.5 Å². The van der Waals surface area contributed by atoms with Crippen LogP contribution in [0, 0.1) is 0 Å². The summed E-state index contributed by atoms with van der Waals surface area (Å²) in [4.78, 5) is 4.12. The Morgan fingerprint density at radius 1 is 1.18 bits per heavy atom. The first-order valence-corrected chi connectivity index (χ1v) is 6.05. The Kier molecular flexibility index (Phi) is 3.59. The third-order valence-corrected chi connectivity index (χ3v) is 3.08. The van der Waals surface area contributed by atoms with E-state index in [4.69, 9.17) is 0 Å². The highest BCUT2D eigenvalue weighted by Gasteiger charge is 2.11. The number of rotatable bonds is 4. The summed E-state index contributed by atoms with van der Waals surface area (Å²) < 4.78 is 2.00. The van der Waals surface area contributed by atoms with Gasteiger partial charge in [0.1, 0.15) is 0 Å². The summed E-state index contributed by atoms with van der Waals surface area (Å²) in [6.45, 7) is 4.31. The molecule has 0 fully saturated rings. The third-order valence-electron chi connectivity index (χ3n) is 3.08. The number of hydrogen-bond acceptors (Lipinski definition) is 2. The fourth-order valence-electron chi connectivity index (χ4n) is 2.17. The van der Waals surface area contributed by atoms with Crippen LogP contribution in [-0.2, 0) is 19.4 Å². The first kappa shape index (κ1) is 11.9. The van der Waals surface area contributed by atoms with Crippen LogP contribution in [0.2, 0.25) is 0 Å². The Morgan fingerprint density at radius 3 is 2.35 bits per heavy atom. The van der Waals surface area contributed by atoms with Crippen molar-refractivity contribution < 1.29 is 5.11 Å². The minimum absolute atomic E-state index is 0.0151. The van der Waals surface area contributed by atoms with E-state index in [0.717, 1.165) is 18.5 Å². The van der Waals surface area contributed by atoms with Crippen molar-refractivity contribution in [3.05, 3.63) is 47.5 Å². The monoisotopic (exact) mass is 230 g/mol. The highest BCUT2D eigenvalue weighted by Crippen LogP contribution is 2.22. The summed E-state index contributed by atoms with van der Waals surface area (Å²) in [6, 6.07) is 6.36. The van der Waals surface area contributed by atoms with E-state index in [1.54, 1.807) is 12.5 Å². The molecule has 0 saturated carbocycles. The second kappa shape index (κ2) is 5.15. The molecule has 2 aromatic rings. The Balaban J connectivity index is 2.64. The third kappa shape index (κ3) is 2.11. The van der Waals surface area contributed by atoms with Crippen molar-refractivity contribution in [2.75, 3.05) is 0 Å². The molecule has 0 aliphatic heterocycles. The van der Waals surface area contributed by atoms with Gasteiger partial charge in [-0.25, -0.2) is 4.98 Å². The highest BCUT2D eigenvalue weighted by molar-refractivity contribution is 5.49. The summed E-state index contributed by atoms with van der Waals surface area (Å²) >= 11 is 0. The number of aromatic nitrogens is 2. The lowest BCUT2D eigenvalue weighted by Crippen LogP contribution is -2.06. The first-order chi connectivity index (χ1) is 8.31. The van der Waals surface area contributed by atoms with Crippen LogP contribution >= 0.6 is 0 Å². The van der Waals surface area contributed by atoms with Crippen LogP contribution in [0.15, 0.2) is 30.7 Å². The molecule has 17 heavy (non-hydrogen) atoms. The molecule has 0 spiro atoms.